The Morgan fingerprint density at radius 2 is 2.40 bits per heavy atom. The van der Waals surface area contributed by atoms with E-state index >= 15 is 0 Å². The van der Waals surface area contributed by atoms with Crippen molar-refractivity contribution in [2.45, 2.75) is 16.9 Å². The largest absolute Gasteiger partial charge is 0.477 e. The maximum Gasteiger partial charge on any atom is 0.353 e. The number of nitrogens with zero attached hydrogens (tertiary/aromatic N) is 3. The third-order valence-electron chi connectivity index (χ3n) is 3.37. The Balaban J connectivity index is 1.61. The number of hydrogen-bond donors (Lipinski definition) is 1. The number of rotatable bonds is 2. The molecule has 20 heavy (non-hydrogen) atoms. The number of carbonyl (C=O) groups excluding carboxylic acids is 1. The normalized spacial score (nSPS) is 25.5. The second-order valence-electron chi connectivity index (χ2n) is 4.55. The number of carbonyl (C=O) groups is 2. The lowest BCUT2D eigenvalue weighted by Gasteiger charge is -2.36. The zero-order chi connectivity index (χ0) is 13.9. The van der Waals surface area contributed by atoms with Gasteiger partial charge in [0.25, 0.3) is 5.91 Å². The highest BCUT2D eigenvalue weighted by Crippen LogP contribution is 2.45. The van der Waals surface area contributed by atoms with Crippen molar-refractivity contribution in [1.82, 2.24) is 14.7 Å². The molecule has 102 valence electrons. The second kappa shape index (κ2) is 4.16. The first-order valence-corrected chi connectivity index (χ1v) is 7.93. The fraction of sp³-hybridized carbons (Fsp3) is 0.250. The molecule has 1 atom stereocenters. The topological polar surface area (TPSA) is 75.4 Å². The van der Waals surface area contributed by atoms with E-state index in [4.69, 9.17) is 5.11 Å². The molecule has 4 heterocycles. The number of aromatic nitrogens is 2. The molecule has 0 radical (unpaired) electrons. The van der Waals surface area contributed by atoms with Crippen LogP contribution in [0, 0.1) is 0 Å². The van der Waals surface area contributed by atoms with E-state index in [1.807, 2.05) is 10.7 Å². The molecule has 0 aliphatic carbocycles. The molecule has 1 fully saturated rings. The van der Waals surface area contributed by atoms with Crippen LogP contribution in [0.3, 0.4) is 0 Å². The van der Waals surface area contributed by atoms with Crippen LogP contribution in [0.2, 0.25) is 0 Å². The molecule has 0 aromatic carbocycles. The van der Waals surface area contributed by atoms with Gasteiger partial charge in [-0.05, 0) is 12.1 Å². The number of thioether (sulfide) groups is 2. The molecule has 3 aliphatic rings. The summed E-state index contributed by atoms with van der Waals surface area (Å²) in [4.78, 5) is 24.3. The van der Waals surface area contributed by atoms with E-state index in [0.717, 1.165) is 23.0 Å². The molecule has 4 rings (SSSR count). The van der Waals surface area contributed by atoms with E-state index in [0.29, 0.717) is 5.57 Å². The van der Waals surface area contributed by atoms with Gasteiger partial charge in [0, 0.05) is 11.2 Å². The molecular formula is C12H9N3O3S2. The molecule has 1 saturated heterocycles. The zero-order valence-corrected chi connectivity index (χ0v) is 11.8. The fourth-order valence-electron chi connectivity index (χ4n) is 2.43. The smallest absolute Gasteiger partial charge is 0.353 e. The van der Waals surface area contributed by atoms with Gasteiger partial charge in [0.15, 0.2) is 0 Å². The predicted octanol–water partition coefficient (Wildman–Crippen LogP) is 1.21. The first-order chi connectivity index (χ1) is 9.65. The van der Waals surface area contributed by atoms with Crippen LogP contribution in [0.4, 0.5) is 0 Å². The van der Waals surface area contributed by atoms with Crippen molar-refractivity contribution in [3.8, 4) is 0 Å². The predicted molar refractivity (Wildman–Crippen MR) is 74.9 cm³/mol. The van der Waals surface area contributed by atoms with Crippen molar-refractivity contribution < 1.29 is 14.7 Å². The highest BCUT2D eigenvalue weighted by Gasteiger charge is 2.49. The molecule has 0 spiro atoms. The van der Waals surface area contributed by atoms with Crippen LogP contribution in [0.25, 0.3) is 6.08 Å². The summed E-state index contributed by atoms with van der Waals surface area (Å²) in [7, 11) is 0. The van der Waals surface area contributed by atoms with Crippen molar-refractivity contribution >= 4 is 41.5 Å². The summed E-state index contributed by atoms with van der Waals surface area (Å²) in [6.45, 7) is 0.895. The Bertz CT molecular complexity index is 685. The van der Waals surface area contributed by atoms with Crippen LogP contribution in [0.1, 0.15) is 5.69 Å². The van der Waals surface area contributed by atoms with E-state index < -0.39 is 5.97 Å². The maximum absolute atomic E-state index is 12.0. The molecule has 0 saturated carbocycles. The molecule has 3 aliphatic heterocycles. The van der Waals surface area contributed by atoms with E-state index in [1.54, 1.807) is 17.8 Å². The van der Waals surface area contributed by atoms with Gasteiger partial charge in [0.2, 0.25) is 0 Å². The summed E-state index contributed by atoms with van der Waals surface area (Å²) in [5, 5.41) is 15.8. The number of hydrogen-bond acceptors (Lipinski definition) is 5. The van der Waals surface area contributed by atoms with Gasteiger partial charge in [-0.1, -0.05) is 0 Å². The Morgan fingerprint density at radius 3 is 3.15 bits per heavy atom. The fourth-order valence-corrected chi connectivity index (χ4v) is 4.50. The standard InChI is InChI=1S/C12H9N3O3S2/c16-10-7(11-15(10)8(5-20-11)12(17)18)3-6-4-9-14(13-6)1-2-19-9/h3-5,11H,1-2H2,(H,17,18)/t11-/m1/s1. The number of aliphatic carboxylic acids is 1. The first-order valence-electron chi connectivity index (χ1n) is 6.00. The van der Waals surface area contributed by atoms with Crippen LogP contribution in [0.5, 0.6) is 0 Å². The lowest BCUT2D eigenvalue weighted by atomic mass is 10.0. The van der Waals surface area contributed by atoms with Gasteiger partial charge in [-0.2, -0.15) is 5.10 Å². The van der Waals surface area contributed by atoms with E-state index in [2.05, 4.69) is 5.10 Å². The number of β-lactam (4-membered cyclic amide) rings is 1. The third kappa shape index (κ3) is 1.58. The number of aryl methyl sites for hydroxylation is 1. The molecule has 1 amide bonds. The van der Waals surface area contributed by atoms with E-state index in [-0.39, 0.29) is 17.0 Å². The average molecular weight is 307 g/mol. The molecule has 0 unspecified atom stereocenters. The number of fused-ring (bicyclic) bond motifs is 2. The summed E-state index contributed by atoms with van der Waals surface area (Å²) in [5.41, 5.74) is 1.44. The van der Waals surface area contributed by atoms with Crippen molar-refractivity contribution in [3.63, 3.8) is 0 Å². The van der Waals surface area contributed by atoms with Gasteiger partial charge < -0.3 is 5.11 Å². The minimum atomic E-state index is -1.07. The Morgan fingerprint density at radius 1 is 1.55 bits per heavy atom. The van der Waals surface area contributed by atoms with Crippen molar-refractivity contribution in [1.29, 1.82) is 0 Å². The summed E-state index contributed by atoms with van der Waals surface area (Å²) in [5.74, 6) is -0.268. The highest BCUT2D eigenvalue weighted by atomic mass is 32.2. The molecule has 1 aromatic heterocycles. The summed E-state index contributed by atoms with van der Waals surface area (Å²) >= 11 is 3.09. The highest BCUT2D eigenvalue weighted by molar-refractivity contribution is 8.03. The quantitative estimate of drug-likeness (QED) is 0.654. The number of carboxylic acids is 1. The van der Waals surface area contributed by atoms with Crippen LogP contribution in [-0.4, -0.2) is 42.8 Å². The van der Waals surface area contributed by atoms with E-state index in [9.17, 15) is 9.59 Å². The van der Waals surface area contributed by atoms with Gasteiger partial charge in [-0.25, -0.2) is 4.79 Å². The Hall–Kier alpha value is -1.67. The van der Waals surface area contributed by atoms with Crippen molar-refractivity contribution in [2.75, 3.05) is 5.75 Å². The average Bonchev–Trinajstić information content (AvgIpc) is 3.07. The van der Waals surface area contributed by atoms with Crippen LogP contribution >= 0.6 is 23.5 Å². The van der Waals surface area contributed by atoms with Crippen LogP contribution < -0.4 is 0 Å². The summed E-state index contributed by atoms with van der Waals surface area (Å²) in [6.07, 6.45) is 1.76. The molecule has 0 bridgehead atoms. The number of carboxylic acid groups (broad SMARTS) is 1. The molecular weight excluding hydrogens is 298 g/mol. The first kappa shape index (κ1) is 12.1. The molecule has 6 nitrogen and oxygen atoms in total. The van der Waals surface area contributed by atoms with Crippen molar-refractivity contribution in [3.05, 3.63) is 28.4 Å². The Kier molecular flexibility index (Phi) is 2.52. The third-order valence-corrected chi connectivity index (χ3v) is 5.46. The van der Waals surface area contributed by atoms with Gasteiger partial charge in [0.1, 0.15) is 11.1 Å². The maximum atomic E-state index is 12.0. The lowest BCUT2D eigenvalue weighted by Crippen LogP contribution is -2.51. The minimum Gasteiger partial charge on any atom is -0.477 e. The van der Waals surface area contributed by atoms with Crippen LogP contribution in [-0.2, 0) is 16.1 Å². The van der Waals surface area contributed by atoms with Gasteiger partial charge in [-0.15, -0.1) is 23.5 Å². The van der Waals surface area contributed by atoms with Crippen molar-refractivity contribution in [2.24, 2.45) is 0 Å². The van der Waals surface area contributed by atoms with Gasteiger partial charge in [-0.3, -0.25) is 14.4 Å². The number of amides is 1. The zero-order valence-electron chi connectivity index (χ0n) is 10.1. The monoisotopic (exact) mass is 307 g/mol. The van der Waals surface area contributed by atoms with E-state index in [1.165, 1.54) is 22.1 Å². The van der Waals surface area contributed by atoms with Gasteiger partial charge >= 0.3 is 5.97 Å². The van der Waals surface area contributed by atoms with Gasteiger partial charge in [0.05, 0.1) is 22.8 Å². The summed E-state index contributed by atoms with van der Waals surface area (Å²) in [6, 6.07) is 1.96. The lowest BCUT2D eigenvalue weighted by molar-refractivity contribution is -0.141. The summed E-state index contributed by atoms with van der Waals surface area (Å²) < 4.78 is 1.93. The second-order valence-corrected chi connectivity index (χ2v) is 6.62. The minimum absolute atomic E-state index is 0.0602. The van der Waals surface area contributed by atoms with Crippen LogP contribution in [0.15, 0.2) is 27.8 Å². The Labute approximate surface area is 122 Å². The SMILES string of the molecule is O=C(O)C1=CS[C@@H]2C(=Cc3cc4n(n3)CCS4)C(=O)N12. The molecule has 8 heteroatoms. The molecule has 1 N–H and O–H groups in total. The molecule has 1 aromatic rings.